The highest BCUT2D eigenvalue weighted by Gasteiger charge is 2.17. The number of hydrogen-bond donors (Lipinski definition) is 2. The highest BCUT2D eigenvalue weighted by molar-refractivity contribution is 5.80. The Kier molecular flexibility index (Phi) is 4.07. The van der Waals surface area contributed by atoms with Crippen LogP contribution in [0.3, 0.4) is 0 Å². The summed E-state index contributed by atoms with van der Waals surface area (Å²) in [5.74, 6) is -0.0624. The molecule has 1 atom stereocenters. The minimum atomic E-state index is -0.579. The number of carbonyl (C=O) groups is 1. The van der Waals surface area contributed by atoms with E-state index in [1.54, 1.807) is 0 Å². The van der Waals surface area contributed by atoms with Gasteiger partial charge in [0, 0.05) is 7.05 Å². The van der Waals surface area contributed by atoms with Crippen molar-refractivity contribution in [3.8, 4) is 0 Å². The molecule has 0 saturated heterocycles. The molecule has 66 valence electrons. The van der Waals surface area contributed by atoms with Crippen molar-refractivity contribution in [2.24, 2.45) is 11.7 Å². The fourth-order valence-corrected chi connectivity index (χ4v) is 0.849. The molecule has 0 rings (SSSR count). The zero-order valence-corrected chi connectivity index (χ0v) is 7.24. The smallest absolute Gasteiger partial charge is 0.262 e. The van der Waals surface area contributed by atoms with Crippen LogP contribution in [0.15, 0.2) is 0 Å². The third kappa shape index (κ3) is 3.95. The molecule has 0 aromatic rings. The van der Waals surface area contributed by atoms with Crippen LogP contribution in [0.5, 0.6) is 0 Å². The molecule has 3 N–H and O–H groups in total. The molecular weight excluding hydrogens is 144 g/mol. The summed E-state index contributed by atoms with van der Waals surface area (Å²) >= 11 is 0. The maximum atomic E-state index is 10.9. The Balaban J connectivity index is 3.83. The van der Waals surface area contributed by atoms with Gasteiger partial charge in [-0.1, -0.05) is 13.8 Å². The Morgan fingerprint density at radius 3 is 2.36 bits per heavy atom. The van der Waals surface area contributed by atoms with Crippen LogP contribution in [0.4, 0.5) is 0 Å². The van der Waals surface area contributed by atoms with Crippen molar-refractivity contribution in [2.75, 3.05) is 7.05 Å². The first kappa shape index (κ1) is 10.4. The van der Waals surface area contributed by atoms with Crippen LogP contribution in [0.2, 0.25) is 0 Å². The molecule has 4 nitrogen and oxygen atoms in total. The van der Waals surface area contributed by atoms with Gasteiger partial charge in [0.05, 0.1) is 6.04 Å². The van der Waals surface area contributed by atoms with Crippen molar-refractivity contribution in [3.63, 3.8) is 0 Å². The van der Waals surface area contributed by atoms with Gasteiger partial charge in [-0.3, -0.25) is 10.0 Å². The Morgan fingerprint density at radius 1 is 1.64 bits per heavy atom. The molecule has 0 fully saturated rings. The summed E-state index contributed by atoms with van der Waals surface area (Å²) in [5, 5.41) is 9.24. The largest absolute Gasteiger partial charge is 0.320 e. The second kappa shape index (κ2) is 4.31. The first-order chi connectivity index (χ1) is 4.95. The minimum absolute atomic E-state index is 0.369. The van der Waals surface area contributed by atoms with E-state index in [4.69, 9.17) is 10.9 Å². The van der Waals surface area contributed by atoms with E-state index in [9.17, 15) is 4.79 Å². The van der Waals surface area contributed by atoms with Crippen molar-refractivity contribution in [1.29, 1.82) is 0 Å². The minimum Gasteiger partial charge on any atom is -0.320 e. The average molecular weight is 160 g/mol. The Labute approximate surface area is 66.9 Å². The summed E-state index contributed by atoms with van der Waals surface area (Å²) in [4.78, 5) is 10.9. The summed E-state index contributed by atoms with van der Waals surface area (Å²) in [5.41, 5.74) is 5.47. The van der Waals surface area contributed by atoms with Crippen LogP contribution in [-0.2, 0) is 4.79 Å². The Hall–Kier alpha value is -0.610. The standard InChI is InChI=1S/C7H16N2O2/c1-5(2)4-6(8)7(10)9(3)11/h5-6,11H,4,8H2,1-3H3/t6-/m0/s1. The van der Waals surface area contributed by atoms with Gasteiger partial charge in [0.2, 0.25) is 0 Å². The second-order valence-corrected chi connectivity index (χ2v) is 3.10. The predicted octanol–water partition coefficient (Wildman–Crippen LogP) is 0.207. The third-order valence-electron chi connectivity index (χ3n) is 1.36. The fourth-order valence-electron chi connectivity index (χ4n) is 0.849. The van der Waals surface area contributed by atoms with Crippen molar-refractivity contribution in [1.82, 2.24) is 5.06 Å². The van der Waals surface area contributed by atoms with Gasteiger partial charge in [-0.25, -0.2) is 5.06 Å². The third-order valence-corrected chi connectivity index (χ3v) is 1.36. The maximum absolute atomic E-state index is 10.9. The van der Waals surface area contributed by atoms with Crippen molar-refractivity contribution < 1.29 is 10.0 Å². The molecule has 11 heavy (non-hydrogen) atoms. The van der Waals surface area contributed by atoms with E-state index in [2.05, 4.69) is 0 Å². The van der Waals surface area contributed by atoms with Crippen molar-refractivity contribution in [3.05, 3.63) is 0 Å². The molecule has 0 unspecified atom stereocenters. The second-order valence-electron chi connectivity index (χ2n) is 3.10. The van der Waals surface area contributed by atoms with Gasteiger partial charge in [-0.05, 0) is 12.3 Å². The molecule has 1 amide bonds. The molecule has 0 spiro atoms. The lowest BCUT2D eigenvalue weighted by atomic mass is 10.0. The molecular formula is C7H16N2O2. The van der Waals surface area contributed by atoms with Crippen molar-refractivity contribution >= 4 is 5.91 Å². The van der Waals surface area contributed by atoms with E-state index in [-0.39, 0.29) is 0 Å². The van der Waals surface area contributed by atoms with Crippen LogP contribution in [0.25, 0.3) is 0 Å². The van der Waals surface area contributed by atoms with E-state index >= 15 is 0 Å². The molecule has 0 radical (unpaired) electrons. The normalized spacial score (nSPS) is 13.3. The zero-order chi connectivity index (χ0) is 9.02. The Morgan fingerprint density at radius 2 is 2.09 bits per heavy atom. The lowest BCUT2D eigenvalue weighted by Crippen LogP contribution is -2.40. The molecule has 0 aromatic carbocycles. The van der Waals surface area contributed by atoms with Gasteiger partial charge >= 0.3 is 0 Å². The number of nitrogens with two attached hydrogens (primary N) is 1. The molecule has 4 heteroatoms. The van der Waals surface area contributed by atoms with Gasteiger partial charge < -0.3 is 5.73 Å². The number of amides is 1. The van der Waals surface area contributed by atoms with Crippen LogP contribution < -0.4 is 5.73 Å². The zero-order valence-electron chi connectivity index (χ0n) is 7.24. The molecule has 0 aliphatic rings. The van der Waals surface area contributed by atoms with Gasteiger partial charge in [0.15, 0.2) is 0 Å². The summed E-state index contributed by atoms with van der Waals surface area (Å²) in [6, 6.07) is -0.579. The number of hydrogen-bond acceptors (Lipinski definition) is 3. The molecule has 0 aliphatic heterocycles. The Bertz CT molecular complexity index is 134. The lowest BCUT2D eigenvalue weighted by molar-refractivity contribution is -0.161. The van der Waals surface area contributed by atoms with Gasteiger partial charge in [-0.2, -0.15) is 0 Å². The number of rotatable bonds is 3. The van der Waals surface area contributed by atoms with E-state index in [1.165, 1.54) is 7.05 Å². The topological polar surface area (TPSA) is 66.6 Å². The van der Waals surface area contributed by atoms with E-state index in [0.29, 0.717) is 17.4 Å². The quantitative estimate of drug-likeness (QED) is 0.458. The maximum Gasteiger partial charge on any atom is 0.262 e. The number of nitrogens with zero attached hydrogens (tertiary/aromatic N) is 1. The van der Waals surface area contributed by atoms with Crippen LogP contribution in [0, 0.1) is 5.92 Å². The van der Waals surface area contributed by atoms with Gasteiger partial charge in [0.1, 0.15) is 0 Å². The van der Waals surface area contributed by atoms with Crippen LogP contribution >= 0.6 is 0 Å². The average Bonchev–Trinajstić information content (AvgIpc) is 1.84. The van der Waals surface area contributed by atoms with E-state index in [0.717, 1.165) is 0 Å². The molecule has 0 aliphatic carbocycles. The number of hydroxylamine groups is 2. The monoisotopic (exact) mass is 160 g/mol. The van der Waals surface area contributed by atoms with E-state index < -0.39 is 11.9 Å². The predicted molar refractivity (Wildman–Crippen MR) is 42.0 cm³/mol. The molecule has 0 heterocycles. The summed E-state index contributed by atoms with van der Waals surface area (Å²) in [7, 11) is 1.28. The molecule has 0 bridgehead atoms. The van der Waals surface area contributed by atoms with Gasteiger partial charge in [-0.15, -0.1) is 0 Å². The number of carbonyl (C=O) groups excluding carboxylic acids is 1. The first-order valence-electron chi connectivity index (χ1n) is 3.67. The SMILES string of the molecule is CC(C)C[C@H](N)C(=O)N(C)O. The van der Waals surface area contributed by atoms with Gasteiger partial charge in [0.25, 0.3) is 5.91 Å². The summed E-state index contributed by atoms with van der Waals surface area (Å²) < 4.78 is 0. The molecule has 0 aromatic heterocycles. The summed E-state index contributed by atoms with van der Waals surface area (Å²) in [6.07, 6.45) is 0.601. The highest BCUT2D eigenvalue weighted by Crippen LogP contribution is 2.03. The lowest BCUT2D eigenvalue weighted by Gasteiger charge is -2.16. The highest BCUT2D eigenvalue weighted by atomic mass is 16.5. The fraction of sp³-hybridized carbons (Fsp3) is 0.857. The summed E-state index contributed by atoms with van der Waals surface area (Å²) in [6.45, 7) is 3.95. The van der Waals surface area contributed by atoms with E-state index in [1.807, 2.05) is 13.8 Å². The van der Waals surface area contributed by atoms with Crippen LogP contribution in [0.1, 0.15) is 20.3 Å². The van der Waals surface area contributed by atoms with Crippen molar-refractivity contribution in [2.45, 2.75) is 26.3 Å². The van der Waals surface area contributed by atoms with Crippen LogP contribution in [-0.4, -0.2) is 29.3 Å². The molecule has 0 saturated carbocycles. The first-order valence-corrected chi connectivity index (χ1v) is 3.67. The number of likely N-dealkylation sites (N-methyl/N-ethyl adjacent to an activating group) is 1.